The molecule has 0 fully saturated rings. The summed E-state index contributed by atoms with van der Waals surface area (Å²) >= 11 is 0. The van der Waals surface area contributed by atoms with E-state index in [1.54, 1.807) is 11.9 Å². The van der Waals surface area contributed by atoms with E-state index in [-0.39, 0.29) is 11.8 Å². The minimum Gasteiger partial charge on any atom is -0.385 e. The summed E-state index contributed by atoms with van der Waals surface area (Å²) in [6.07, 6.45) is 3.19. The molecule has 0 saturated heterocycles. The summed E-state index contributed by atoms with van der Waals surface area (Å²) in [5, 5.41) is 6.37. The molecule has 5 nitrogen and oxygen atoms in total. The maximum atomic E-state index is 12.8. The Labute approximate surface area is 147 Å². The van der Waals surface area contributed by atoms with Crippen molar-refractivity contribution in [1.82, 2.24) is 0 Å². The van der Waals surface area contributed by atoms with E-state index in [9.17, 15) is 9.59 Å². The molecule has 2 aliphatic heterocycles. The first kappa shape index (κ1) is 15.7. The van der Waals surface area contributed by atoms with Gasteiger partial charge in [0.25, 0.3) is 5.91 Å². The van der Waals surface area contributed by atoms with Crippen molar-refractivity contribution in [2.75, 3.05) is 29.1 Å². The van der Waals surface area contributed by atoms with Crippen LogP contribution in [0.25, 0.3) is 0 Å². The second-order valence-corrected chi connectivity index (χ2v) is 6.61. The van der Waals surface area contributed by atoms with Gasteiger partial charge in [0.1, 0.15) is 0 Å². The van der Waals surface area contributed by atoms with Gasteiger partial charge in [-0.1, -0.05) is 6.07 Å². The van der Waals surface area contributed by atoms with Crippen molar-refractivity contribution in [3.05, 3.63) is 53.1 Å². The predicted octanol–water partition coefficient (Wildman–Crippen LogP) is 3.21. The van der Waals surface area contributed by atoms with Gasteiger partial charge in [-0.3, -0.25) is 9.59 Å². The fourth-order valence-electron chi connectivity index (χ4n) is 3.66. The number of nitrogens with zero attached hydrogens (tertiary/aromatic N) is 1. The van der Waals surface area contributed by atoms with Crippen LogP contribution in [0.2, 0.25) is 0 Å². The molecule has 4 rings (SSSR count). The second kappa shape index (κ2) is 6.24. The monoisotopic (exact) mass is 335 g/mol. The summed E-state index contributed by atoms with van der Waals surface area (Å²) < 4.78 is 0. The van der Waals surface area contributed by atoms with Crippen LogP contribution in [0.3, 0.4) is 0 Å². The molecular weight excluding hydrogens is 314 g/mol. The van der Waals surface area contributed by atoms with Gasteiger partial charge in [0.2, 0.25) is 5.91 Å². The van der Waals surface area contributed by atoms with Gasteiger partial charge in [-0.15, -0.1) is 0 Å². The quantitative estimate of drug-likeness (QED) is 0.886. The largest absolute Gasteiger partial charge is 0.385 e. The van der Waals surface area contributed by atoms with Crippen LogP contribution in [-0.2, 0) is 17.6 Å². The molecule has 2 aromatic carbocycles. The van der Waals surface area contributed by atoms with E-state index in [0.717, 1.165) is 53.1 Å². The highest BCUT2D eigenvalue weighted by molar-refractivity contribution is 6.06. The van der Waals surface area contributed by atoms with Gasteiger partial charge in [-0.25, -0.2) is 0 Å². The van der Waals surface area contributed by atoms with Crippen LogP contribution >= 0.6 is 0 Å². The predicted molar refractivity (Wildman–Crippen MR) is 99.4 cm³/mol. The lowest BCUT2D eigenvalue weighted by molar-refractivity contribution is -0.118. The van der Waals surface area contributed by atoms with Crippen LogP contribution in [0.5, 0.6) is 0 Å². The Kier molecular flexibility index (Phi) is 3.92. The molecule has 2 heterocycles. The van der Waals surface area contributed by atoms with Crippen LogP contribution in [0.15, 0.2) is 36.4 Å². The number of hydrogen-bond acceptors (Lipinski definition) is 3. The van der Waals surface area contributed by atoms with Gasteiger partial charge >= 0.3 is 0 Å². The summed E-state index contributed by atoms with van der Waals surface area (Å²) in [6, 6.07) is 11.6. The number of rotatable bonds is 2. The molecule has 128 valence electrons. The van der Waals surface area contributed by atoms with Crippen molar-refractivity contribution in [2.45, 2.75) is 25.7 Å². The Balaban J connectivity index is 1.59. The fraction of sp³-hybridized carbons (Fsp3) is 0.300. The lowest BCUT2D eigenvalue weighted by Gasteiger charge is -2.26. The third-order valence-electron chi connectivity index (χ3n) is 5.02. The molecule has 0 aliphatic carbocycles. The van der Waals surface area contributed by atoms with Crippen molar-refractivity contribution >= 4 is 28.9 Å². The number of hydrogen-bond donors (Lipinski definition) is 2. The first-order valence-corrected chi connectivity index (χ1v) is 8.70. The molecule has 0 unspecified atom stereocenters. The summed E-state index contributed by atoms with van der Waals surface area (Å²) in [5.74, 6) is 0.0495. The van der Waals surface area contributed by atoms with Crippen LogP contribution in [0, 0.1) is 0 Å². The van der Waals surface area contributed by atoms with E-state index in [0.29, 0.717) is 12.8 Å². The Bertz CT molecular complexity index is 860. The molecule has 0 atom stereocenters. The second-order valence-electron chi connectivity index (χ2n) is 6.61. The van der Waals surface area contributed by atoms with Crippen molar-refractivity contribution in [3.63, 3.8) is 0 Å². The summed E-state index contributed by atoms with van der Waals surface area (Å²) in [5.41, 5.74) is 5.67. The SMILES string of the molecule is CN1C(=O)CCc2cc(NC(=O)c3cccc4c3CCCN4)ccc21. The average Bonchev–Trinajstić information content (AvgIpc) is 2.64. The van der Waals surface area contributed by atoms with E-state index < -0.39 is 0 Å². The number of nitrogens with one attached hydrogen (secondary N) is 2. The Morgan fingerprint density at radius 2 is 2.04 bits per heavy atom. The third-order valence-corrected chi connectivity index (χ3v) is 5.02. The maximum absolute atomic E-state index is 12.8. The standard InChI is InChI=1S/C20H21N3O2/c1-23-18-9-8-14(12-13(18)7-10-19(23)24)22-20(25)16-4-2-6-17-15(16)5-3-11-21-17/h2,4,6,8-9,12,21H,3,5,7,10-11H2,1H3,(H,22,25). The molecule has 0 radical (unpaired) electrons. The third kappa shape index (κ3) is 2.86. The molecular formula is C20H21N3O2. The summed E-state index contributed by atoms with van der Waals surface area (Å²) in [7, 11) is 1.79. The Morgan fingerprint density at radius 1 is 1.16 bits per heavy atom. The molecule has 2 aromatic rings. The molecule has 0 bridgehead atoms. The van der Waals surface area contributed by atoms with E-state index in [4.69, 9.17) is 0 Å². The zero-order valence-electron chi connectivity index (χ0n) is 14.3. The van der Waals surface area contributed by atoms with Crippen molar-refractivity contribution in [3.8, 4) is 0 Å². The topological polar surface area (TPSA) is 61.4 Å². The molecule has 2 amide bonds. The number of amides is 2. The van der Waals surface area contributed by atoms with E-state index in [2.05, 4.69) is 10.6 Å². The van der Waals surface area contributed by atoms with Gasteiger partial charge < -0.3 is 15.5 Å². The fourth-order valence-corrected chi connectivity index (χ4v) is 3.66. The van der Waals surface area contributed by atoms with E-state index in [1.165, 1.54) is 0 Å². The van der Waals surface area contributed by atoms with Gasteiger partial charge in [0.05, 0.1) is 0 Å². The van der Waals surface area contributed by atoms with Crippen molar-refractivity contribution < 1.29 is 9.59 Å². The van der Waals surface area contributed by atoms with Crippen LogP contribution in [0.4, 0.5) is 17.1 Å². The smallest absolute Gasteiger partial charge is 0.256 e. The normalized spacial score (nSPS) is 15.9. The number of benzene rings is 2. The first-order chi connectivity index (χ1) is 12.1. The zero-order chi connectivity index (χ0) is 17.4. The van der Waals surface area contributed by atoms with Crippen molar-refractivity contribution in [2.24, 2.45) is 0 Å². The van der Waals surface area contributed by atoms with Gasteiger partial charge in [0.15, 0.2) is 0 Å². The molecule has 0 aromatic heterocycles. The highest BCUT2D eigenvalue weighted by Crippen LogP contribution is 2.30. The Hall–Kier alpha value is -2.82. The minimum absolute atomic E-state index is 0.0826. The lowest BCUT2D eigenvalue weighted by atomic mass is 9.97. The van der Waals surface area contributed by atoms with E-state index >= 15 is 0 Å². The number of carbonyl (C=O) groups is 2. The number of anilines is 3. The maximum Gasteiger partial charge on any atom is 0.256 e. The zero-order valence-corrected chi connectivity index (χ0v) is 14.3. The number of carbonyl (C=O) groups excluding carboxylic acids is 2. The van der Waals surface area contributed by atoms with Crippen LogP contribution < -0.4 is 15.5 Å². The summed E-state index contributed by atoms with van der Waals surface area (Å²) in [6.45, 7) is 0.954. The minimum atomic E-state index is -0.0826. The van der Waals surface area contributed by atoms with Crippen LogP contribution in [-0.4, -0.2) is 25.4 Å². The molecule has 0 saturated carbocycles. The molecule has 2 N–H and O–H groups in total. The van der Waals surface area contributed by atoms with Crippen LogP contribution in [0.1, 0.15) is 34.3 Å². The highest BCUT2D eigenvalue weighted by Gasteiger charge is 2.22. The summed E-state index contributed by atoms with van der Waals surface area (Å²) in [4.78, 5) is 26.2. The highest BCUT2D eigenvalue weighted by atomic mass is 16.2. The average molecular weight is 335 g/mol. The molecule has 25 heavy (non-hydrogen) atoms. The van der Waals surface area contributed by atoms with Gasteiger partial charge in [-0.05, 0) is 60.7 Å². The van der Waals surface area contributed by atoms with Gasteiger partial charge in [-0.2, -0.15) is 0 Å². The number of fused-ring (bicyclic) bond motifs is 2. The first-order valence-electron chi connectivity index (χ1n) is 8.70. The number of aryl methyl sites for hydroxylation is 1. The molecule has 0 spiro atoms. The molecule has 5 heteroatoms. The van der Waals surface area contributed by atoms with Crippen molar-refractivity contribution in [1.29, 1.82) is 0 Å². The lowest BCUT2D eigenvalue weighted by Crippen LogP contribution is -2.31. The molecule has 2 aliphatic rings. The Morgan fingerprint density at radius 3 is 2.92 bits per heavy atom. The van der Waals surface area contributed by atoms with E-state index in [1.807, 2.05) is 36.4 Å². The van der Waals surface area contributed by atoms with Gasteiger partial charge in [0, 0.05) is 42.6 Å².